The number of halogens is 1. The van der Waals surface area contributed by atoms with Gasteiger partial charge in [0.1, 0.15) is 0 Å². The number of hydrogen-bond donors (Lipinski definition) is 1. The maximum Gasteiger partial charge on any atom is 0.0406 e. The van der Waals surface area contributed by atoms with Gasteiger partial charge in [0.25, 0.3) is 0 Å². The van der Waals surface area contributed by atoms with Crippen LogP contribution in [0.25, 0.3) is 0 Å². The van der Waals surface area contributed by atoms with E-state index in [4.69, 9.17) is 11.6 Å². The van der Waals surface area contributed by atoms with Gasteiger partial charge in [-0.05, 0) is 57.0 Å². The molecule has 20 heavy (non-hydrogen) atoms. The van der Waals surface area contributed by atoms with E-state index in [0.29, 0.717) is 12.1 Å². The van der Waals surface area contributed by atoms with E-state index in [1.807, 2.05) is 12.1 Å². The molecule has 2 unspecified atom stereocenters. The minimum atomic E-state index is 0.440. The molecule has 0 saturated carbocycles. The summed E-state index contributed by atoms with van der Waals surface area (Å²) < 4.78 is 0. The molecule has 2 nitrogen and oxygen atoms in total. The van der Waals surface area contributed by atoms with Gasteiger partial charge in [0, 0.05) is 23.7 Å². The van der Waals surface area contributed by atoms with Gasteiger partial charge in [-0.15, -0.1) is 0 Å². The van der Waals surface area contributed by atoms with Gasteiger partial charge < -0.3 is 10.2 Å². The van der Waals surface area contributed by atoms with Crippen molar-refractivity contribution < 1.29 is 0 Å². The zero-order chi connectivity index (χ0) is 14.4. The second-order valence-electron chi connectivity index (χ2n) is 5.97. The van der Waals surface area contributed by atoms with Gasteiger partial charge in [0.2, 0.25) is 0 Å². The van der Waals surface area contributed by atoms with Crippen LogP contribution in [0.3, 0.4) is 0 Å². The van der Waals surface area contributed by atoms with Crippen molar-refractivity contribution in [1.82, 2.24) is 10.2 Å². The number of nitrogens with zero attached hydrogens (tertiary/aromatic N) is 1. The molecule has 0 aliphatic carbocycles. The Morgan fingerprint density at radius 2 is 1.85 bits per heavy atom. The molecule has 1 saturated heterocycles. The van der Waals surface area contributed by atoms with Gasteiger partial charge in [0.05, 0.1) is 0 Å². The topological polar surface area (TPSA) is 15.3 Å². The highest BCUT2D eigenvalue weighted by molar-refractivity contribution is 6.30. The second kappa shape index (κ2) is 8.02. The van der Waals surface area contributed by atoms with Crippen LogP contribution in [-0.2, 0) is 0 Å². The molecule has 0 amide bonds. The first-order valence-electron chi connectivity index (χ1n) is 7.93. The normalized spacial score (nSPS) is 19.1. The molecule has 2 rings (SSSR count). The lowest BCUT2D eigenvalue weighted by Gasteiger charge is -2.27. The van der Waals surface area contributed by atoms with Gasteiger partial charge >= 0.3 is 0 Å². The molecule has 1 heterocycles. The summed E-state index contributed by atoms with van der Waals surface area (Å²) in [5.74, 6) is 0. The quantitative estimate of drug-likeness (QED) is 0.808. The van der Waals surface area contributed by atoms with Crippen LogP contribution in [0.2, 0.25) is 5.02 Å². The first kappa shape index (κ1) is 15.8. The lowest BCUT2D eigenvalue weighted by molar-refractivity contribution is 0.282. The molecular weight excluding hydrogens is 268 g/mol. The highest BCUT2D eigenvalue weighted by Gasteiger charge is 2.18. The number of benzene rings is 1. The van der Waals surface area contributed by atoms with Gasteiger partial charge in [0.15, 0.2) is 0 Å². The zero-order valence-corrected chi connectivity index (χ0v) is 13.5. The number of likely N-dealkylation sites (tertiary alicyclic amines) is 1. The van der Waals surface area contributed by atoms with Crippen LogP contribution >= 0.6 is 11.6 Å². The summed E-state index contributed by atoms with van der Waals surface area (Å²) in [6, 6.07) is 9.25. The number of hydrogen-bond acceptors (Lipinski definition) is 2. The zero-order valence-electron chi connectivity index (χ0n) is 12.7. The van der Waals surface area contributed by atoms with Crippen molar-refractivity contribution in [2.45, 2.75) is 51.6 Å². The third-order valence-corrected chi connectivity index (χ3v) is 4.32. The SMILES string of the molecule is CCCC(NC(C)CN1CCCC1)c1ccc(Cl)cc1. The summed E-state index contributed by atoms with van der Waals surface area (Å²) in [5.41, 5.74) is 1.35. The standard InChI is InChI=1S/C17H27ClN2/c1-3-6-17(15-7-9-16(18)10-8-15)19-14(2)13-20-11-4-5-12-20/h7-10,14,17,19H,3-6,11-13H2,1-2H3. The maximum absolute atomic E-state index is 5.99. The summed E-state index contributed by atoms with van der Waals surface area (Å²) in [4.78, 5) is 2.57. The van der Waals surface area contributed by atoms with E-state index in [1.165, 1.54) is 44.3 Å². The maximum atomic E-state index is 5.99. The first-order valence-corrected chi connectivity index (χ1v) is 8.30. The predicted octanol–water partition coefficient (Wildman–Crippen LogP) is 4.26. The fraction of sp³-hybridized carbons (Fsp3) is 0.647. The summed E-state index contributed by atoms with van der Waals surface area (Å²) >= 11 is 5.99. The van der Waals surface area contributed by atoms with Gasteiger partial charge in [-0.25, -0.2) is 0 Å². The van der Waals surface area contributed by atoms with Crippen molar-refractivity contribution in [1.29, 1.82) is 0 Å². The average molecular weight is 295 g/mol. The van der Waals surface area contributed by atoms with Crippen molar-refractivity contribution in [2.75, 3.05) is 19.6 Å². The third-order valence-electron chi connectivity index (χ3n) is 4.07. The van der Waals surface area contributed by atoms with E-state index >= 15 is 0 Å². The lowest BCUT2D eigenvalue weighted by Crippen LogP contribution is -2.39. The largest absolute Gasteiger partial charge is 0.306 e. The number of rotatable bonds is 7. The van der Waals surface area contributed by atoms with E-state index in [2.05, 4.69) is 36.2 Å². The summed E-state index contributed by atoms with van der Waals surface area (Å²) in [5, 5.41) is 4.61. The van der Waals surface area contributed by atoms with E-state index in [9.17, 15) is 0 Å². The van der Waals surface area contributed by atoms with E-state index in [1.54, 1.807) is 0 Å². The van der Waals surface area contributed by atoms with Crippen LogP contribution in [0.1, 0.15) is 51.1 Å². The highest BCUT2D eigenvalue weighted by Crippen LogP contribution is 2.21. The molecule has 1 aliphatic heterocycles. The Bertz CT molecular complexity index is 384. The Morgan fingerprint density at radius 1 is 1.20 bits per heavy atom. The molecule has 1 aromatic rings. The molecule has 1 fully saturated rings. The fourth-order valence-electron chi connectivity index (χ4n) is 3.08. The number of nitrogens with one attached hydrogen (secondary N) is 1. The molecule has 0 spiro atoms. The van der Waals surface area contributed by atoms with Gasteiger partial charge in [-0.1, -0.05) is 37.1 Å². The van der Waals surface area contributed by atoms with Crippen LogP contribution in [0.4, 0.5) is 0 Å². The molecule has 1 aromatic carbocycles. The second-order valence-corrected chi connectivity index (χ2v) is 6.40. The molecule has 3 heteroatoms. The minimum Gasteiger partial charge on any atom is -0.306 e. The molecule has 1 aliphatic rings. The summed E-state index contributed by atoms with van der Waals surface area (Å²) in [6.07, 6.45) is 5.09. The molecule has 0 aromatic heterocycles. The lowest BCUT2D eigenvalue weighted by atomic mass is 10.0. The van der Waals surface area contributed by atoms with Crippen LogP contribution < -0.4 is 5.32 Å². The van der Waals surface area contributed by atoms with Crippen LogP contribution in [0.5, 0.6) is 0 Å². The Hall–Kier alpha value is -0.570. The Balaban J connectivity index is 1.92. The molecule has 0 radical (unpaired) electrons. The molecule has 1 N–H and O–H groups in total. The Morgan fingerprint density at radius 3 is 2.45 bits per heavy atom. The van der Waals surface area contributed by atoms with Crippen LogP contribution in [0, 0.1) is 0 Å². The van der Waals surface area contributed by atoms with Gasteiger partial charge in [-0.2, -0.15) is 0 Å². The molecule has 112 valence electrons. The predicted molar refractivity (Wildman–Crippen MR) is 87.4 cm³/mol. The summed E-state index contributed by atoms with van der Waals surface area (Å²) in [7, 11) is 0. The smallest absolute Gasteiger partial charge is 0.0406 e. The van der Waals surface area contributed by atoms with E-state index in [0.717, 1.165) is 11.6 Å². The van der Waals surface area contributed by atoms with Crippen molar-refractivity contribution in [3.63, 3.8) is 0 Å². The Kier molecular flexibility index (Phi) is 6.34. The van der Waals surface area contributed by atoms with E-state index in [-0.39, 0.29) is 0 Å². The molecule has 2 atom stereocenters. The third kappa shape index (κ3) is 4.76. The molecular formula is C17H27ClN2. The van der Waals surface area contributed by atoms with Crippen LogP contribution in [0.15, 0.2) is 24.3 Å². The van der Waals surface area contributed by atoms with E-state index < -0.39 is 0 Å². The van der Waals surface area contributed by atoms with Crippen molar-refractivity contribution in [3.8, 4) is 0 Å². The minimum absolute atomic E-state index is 0.440. The van der Waals surface area contributed by atoms with Crippen molar-refractivity contribution >= 4 is 11.6 Å². The van der Waals surface area contributed by atoms with Crippen molar-refractivity contribution in [2.24, 2.45) is 0 Å². The van der Waals surface area contributed by atoms with Gasteiger partial charge in [-0.3, -0.25) is 0 Å². The fourth-order valence-corrected chi connectivity index (χ4v) is 3.20. The molecule has 0 bridgehead atoms. The monoisotopic (exact) mass is 294 g/mol. The highest BCUT2D eigenvalue weighted by atomic mass is 35.5. The average Bonchev–Trinajstić information content (AvgIpc) is 2.92. The summed E-state index contributed by atoms with van der Waals surface area (Å²) in [6.45, 7) is 8.25. The van der Waals surface area contributed by atoms with Crippen molar-refractivity contribution in [3.05, 3.63) is 34.9 Å². The Labute approximate surface area is 128 Å². The first-order chi connectivity index (χ1) is 9.69. The van der Waals surface area contributed by atoms with Crippen LogP contribution in [-0.4, -0.2) is 30.6 Å².